The summed E-state index contributed by atoms with van der Waals surface area (Å²) in [5.74, 6) is -0.453. The Morgan fingerprint density at radius 1 is 1.50 bits per heavy atom. The molecule has 11 heteroatoms. The van der Waals surface area contributed by atoms with Gasteiger partial charge in [0.05, 0.1) is 32.1 Å². The first-order valence-corrected chi connectivity index (χ1v) is 6.24. The molecule has 0 aliphatic rings. The fourth-order valence-electron chi connectivity index (χ4n) is 1.56. The number of H-pyrrole nitrogens is 1. The van der Waals surface area contributed by atoms with Crippen molar-refractivity contribution in [3.8, 4) is 5.82 Å². The van der Waals surface area contributed by atoms with E-state index in [1.807, 2.05) is 0 Å². The van der Waals surface area contributed by atoms with Crippen LogP contribution in [-0.4, -0.2) is 50.2 Å². The van der Waals surface area contributed by atoms with E-state index in [0.717, 1.165) is 0 Å². The van der Waals surface area contributed by atoms with Crippen LogP contribution in [0.5, 0.6) is 0 Å². The van der Waals surface area contributed by atoms with Gasteiger partial charge in [0.2, 0.25) is 5.91 Å². The number of esters is 1. The lowest BCUT2D eigenvalue weighted by Gasteiger charge is -2.01. The highest BCUT2D eigenvalue weighted by molar-refractivity contribution is 5.92. The predicted octanol–water partition coefficient (Wildman–Crippen LogP) is -0.836. The summed E-state index contributed by atoms with van der Waals surface area (Å²) in [4.78, 5) is 22.8. The molecule has 0 atom stereocenters. The molecule has 120 valence electrons. The van der Waals surface area contributed by atoms with E-state index >= 15 is 0 Å². The normalized spacial score (nSPS) is 9.91. The Balaban J connectivity index is 0.00000242. The van der Waals surface area contributed by atoms with Gasteiger partial charge in [0.15, 0.2) is 5.82 Å². The van der Waals surface area contributed by atoms with E-state index in [2.05, 4.69) is 25.8 Å². The lowest BCUT2D eigenvalue weighted by molar-refractivity contribution is -0.119. The van der Waals surface area contributed by atoms with Crippen LogP contribution in [0.4, 0.5) is 0 Å². The van der Waals surface area contributed by atoms with Gasteiger partial charge in [0.1, 0.15) is 11.3 Å². The van der Waals surface area contributed by atoms with Gasteiger partial charge in [-0.1, -0.05) is 5.21 Å². The zero-order chi connectivity index (χ0) is 15.2. The maximum atomic E-state index is 11.7. The topological polar surface area (TPSA) is 141 Å². The molecule has 2 rings (SSSR count). The number of nitrogens with two attached hydrogens (primary N) is 1. The van der Waals surface area contributed by atoms with Crippen LogP contribution in [0.25, 0.3) is 5.82 Å². The molecule has 0 fully saturated rings. The maximum absolute atomic E-state index is 11.7. The van der Waals surface area contributed by atoms with Gasteiger partial charge in [-0.15, -0.1) is 17.5 Å². The fraction of sp³-hybridized carbons (Fsp3) is 0.364. The Bertz CT molecular complexity index is 639. The Kier molecular flexibility index (Phi) is 6.47. The molecule has 1 amide bonds. The number of carbonyl (C=O) groups excluding carboxylic acids is 2. The van der Waals surface area contributed by atoms with Crippen molar-refractivity contribution in [2.24, 2.45) is 5.73 Å². The summed E-state index contributed by atoms with van der Waals surface area (Å²) in [5, 5.41) is 16.8. The molecule has 0 radical (unpaired) electrons. The Morgan fingerprint density at radius 2 is 2.27 bits per heavy atom. The van der Waals surface area contributed by atoms with E-state index in [9.17, 15) is 9.59 Å². The van der Waals surface area contributed by atoms with E-state index in [1.54, 1.807) is 13.1 Å². The first-order chi connectivity index (χ1) is 10.2. The Morgan fingerprint density at radius 3 is 2.95 bits per heavy atom. The van der Waals surface area contributed by atoms with Crippen LogP contribution >= 0.6 is 12.4 Å². The minimum absolute atomic E-state index is 0. The van der Waals surface area contributed by atoms with E-state index in [4.69, 9.17) is 10.5 Å². The van der Waals surface area contributed by atoms with Gasteiger partial charge < -0.3 is 15.8 Å². The van der Waals surface area contributed by atoms with Gasteiger partial charge in [0.25, 0.3) is 0 Å². The van der Waals surface area contributed by atoms with Crippen molar-refractivity contribution in [3.05, 3.63) is 23.7 Å². The van der Waals surface area contributed by atoms with Gasteiger partial charge in [-0.2, -0.15) is 5.10 Å². The molecule has 4 N–H and O–H groups in total. The molecule has 22 heavy (non-hydrogen) atoms. The van der Waals surface area contributed by atoms with Gasteiger partial charge in [-0.25, -0.2) is 9.48 Å². The van der Waals surface area contributed by atoms with Crippen molar-refractivity contribution in [1.82, 2.24) is 30.5 Å². The minimum atomic E-state index is -0.505. The highest BCUT2D eigenvalue weighted by Crippen LogP contribution is 2.11. The molecule has 0 spiro atoms. The number of nitrogens with one attached hydrogen (secondary N) is 2. The maximum Gasteiger partial charge on any atom is 0.343 e. The number of amides is 1. The monoisotopic (exact) mass is 329 g/mol. The third-order valence-electron chi connectivity index (χ3n) is 2.54. The summed E-state index contributed by atoms with van der Waals surface area (Å²) in [5.41, 5.74) is 5.95. The van der Waals surface area contributed by atoms with Gasteiger partial charge >= 0.3 is 5.97 Å². The third kappa shape index (κ3) is 4.02. The number of carbonyl (C=O) groups is 2. The molecular formula is C11H16ClN7O3. The smallest absolute Gasteiger partial charge is 0.343 e. The fourth-order valence-corrected chi connectivity index (χ4v) is 1.56. The first-order valence-electron chi connectivity index (χ1n) is 6.24. The largest absolute Gasteiger partial charge is 0.462 e. The Labute approximate surface area is 131 Å². The van der Waals surface area contributed by atoms with Crippen molar-refractivity contribution in [2.45, 2.75) is 13.5 Å². The van der Waals surface area contributed by atoms with Crippen LogP contribution in [0.2, 0.25) is 0 Å². The number of nitrogens with zero attached hydrogens (tertiary/aromatic N) is 4. The number of rotatable bonds is 6. The second-order valence-corrected chi connectivity index (χ2v) is 3.99. The van der Waals surface area contributed by atoms with Gasteiger partial charge in [0, 0.05) is 0 Å². The molecule has 0 saturated carbocycles. The number of aromatic amines is 1. The van der Waals surface area contributed by atoms with Gasteiger partial charge in [-0.3, -0.25) is 9.89 Å². The van der Waals surface area contributed by atoms with Gasteiger partial charge in [-0.05, 0) is 6.92 Å². The van der Waals surface area contributed by atoms with Crippen LogP contribution in [0, 0.1) is 0 Å². The number of aromatic nitrogens is 5. The second kappa shape index (κ2) is 8.10. The predicted molar refractivity (Wildman–Crippen MR) is 77.6 cm³/mol. The quantitative estimate of drug-likeness (QED) is 0.587. The summed E-state index contributed by atoms with van der Waals surface area (Å²) < 4.78 is 6.27. The summed E-state index contributed by atoms with van der Waals surface area (Å²) >= 11 is 0. The molecule has 0 unspecified atom stereocenters. The van der Waals surface area contributed by atoms with Crippen LogP contribution < -0.4 is 11.1 Å². The molecule has 0 aliphatic carbocycles. The summed E-state index contributed by atoms with van der Waals surface area (Å²) in [7, 11) is 0. The number of hydrogen-bond donors (Lipinski definition) is 3. The zero-order valence-corrected chi connectivity index (χ0v) is 12.6. The molecule has 0 aromatic carbocycles. The van der Waals surface area contributed by atoms with E-state index in [0.29, 0.717) is 11.5 Å². The summed E-state index contributed by atoms with van der Waals surface area (Å²) in [6, 6.07) is 0. The molecule has 2 aromatic heterocycles. The standard InChI is InChI=1S/C11H15N7O3.ClH/c1-2-21-11(20)8-5-14-16-10(8)18-6-7(15-17-18)4-13-9(19)3-12;/h5-6H,2-4,12H2,1H3,(H,13,19)(H,14,16);1H. The van der Waals surface area contributed by atoms with E-state index in [1.165, 1.54) is 10.9 Å². The number of ether oxygens (including phenoxy) is 1. The molecule has 2 heterocycles. The van der Waals surface area contributed by atoms with E-state index in [-0.39, 0.29) is 43.6 Å². The van der Waals surface area contributed by atoms with Crippen molar-refractivity contribution in [2.75, 3.05) is 13.2 Å². The summed E-state index contributed by atoms with van der Waals surface area (Å²) in [6.45, 7) is 2.07. The van der Waals surface area contributed by atoms with Crippen LogP contribution in [0.3, 0.4) is 0 Å². The molecular weight excluding hydrogens is 314 g/mol. The summed E-state index contributed by atoms with van der Waals surface area (Å²) in [6.07, 6.45) is 2.91. The van der Waals surface area contributed by atoms with E-state index < -0.39 is 5.97 Å². The number of hydrogen-bond acceptors (Lipinski definition) is 7. The first kappa shape index (κ1) is 17.6. The molecule has 0 aliphatic heterocycles. The van der Waals surface area contributed by atoms with Crippen LogP contribution in [-0.2, 0) is 16.1 Å². The SMILES string of the molecule is CCOC(=O)c1cn[nH]c1-n1cc(CNC(=O)CN)nn1.Cl. The molecule has 0 saturated heterocycles. The van der Waals surface area contributed by atoms with Crippen molar-refractivity contribution in [3.63, 3.8) is 0 Å². The lowest BCUT2D eigenvalue weighted by atomic mass is 10.3. The average molecular weight is 330 g/mol. The lowest BCUT2D eigenvalue weighted by Crippen LogP contribution is -2.29. The second-order valence-electron chi connectivity index (χ2n) is 3.99. The van der Waals surface area contributed by atoms with Crippen molar-refractivity contribution >= 4 is 24.3 Å². The van der Waals surface area contributed by atoms with Crippen molar-refractivity contribution < 1.29 is 14.3 Å². The highest BCUT2D eigenvalue weighted by atomic mass is 35.5. The average Bonchev–Trinajstić information content (AvgIpc) is 3.13. The van der Waals surface area contributed by atoms with Crippen LogP contribution in [0.15, 0.2) is 12.4 Å². The van der Waals surface area contributed by atoms with Crippen LogP contribution in [0.1, 0.15) is 23.0 Å². The number of halogens is 1. The Hall–Kier alpha value is -2.46. The molecule has 0 bridgehead atoms. The van der Waals surface area contributed by atoms with Crippen molar-refractivity contribution in [1.29, 1.82) is 0 Å². The minimum Gasteiger partial charge on any atom is -0.462 e. The highest BCUT2D eigenvalue weighted by Gasteiger charge is 2.17. The molecule has 10 nitrogen and oxygen atoms in total. The zero-order valence-electron chi connectivity index (χ0n) is 11.8. The third-order valence-corrected chi connectivity index (χ3v) is 2.54. The molecule has 2 aromatic rings.